The Kier molecular flexibility index (Phi) is 7.06. The van der Waals surface area contributed by atoms with Gasteiger partial charge in [0.25, 0.3) is 0 Å². The first-order valence-electron chi connectivity index (χ1n) is 9.53. The Hall–Kier alpha value is -3.53. The summed E-state index contributed by atoms with van der Waals surface area (Å²) in [6.07, 6.45) is 1.89. The smallest absolute Gasteiger partial charge is 0.220 e. The monoisotopic (exact) mass is 387 g/mol. The Morgan fingerprint density at radius 1 is 0.793 bits per heavy atom. The van der Waals surface area contributed by atoms with Crippen LogP contribution in [0.2, 0.25) is 0 Å². The van der Waals surface area contributed by atoms with Crippen LogP contribution in [0.15, 0.2) is 84.6 Å². The van der Waals surface area contributed by atoms with Gasteiger partial charge in [0.2, 0.25) is 5.91 Å². The van der Waals surface area contributed by atoms with Gasteiger partial charge in [-0.05, 0) is 41.8 Å². The number of nitrogens with one attached hydrogen (secondary N) is 1. The molecule has 0 aliphatic heterocycles. The molecule has 0 spiro atoms. The van der Waals surface area contributed by atoms with Crippen molar-refractivity contribution in [1.29, 1.82) is 0 Å². The normalized spacial score (nSPS) is 11.0. The lowest BCUT2D eigenvalue weighted by Gasteiger charge is -2.12. The summed E-state index contributed by atoms with van der Waals surface area (Å²) in [6.45, 7) is 4.28. The molecule has 0 aliphatic rings. The molecule has 0 aliphatic carbocycles. The van der Waals surface area contributed by atoms with Crippen LogP contribution >= 0.6 is 0 Å². The second kappa shape index (κ2) is 10.1. The van der Waals surface area contributed by atoms with Crippen LogP contribution in [0.5, 0.6) is 11.5 Å². The summed E-state index contributed by atoms with van der Waals surface area (Å²) in [5, 5.41) is 2.79. The van der Waals surface area contributed by atoms with Gasteiger partial charge in [-0.15, -0.1) is 0 Å². The zero-order valence-corrected chi connectivity index (χ0v) is 16.7. The zero-order chi connectivity index (χ0) is 20.5. The molecule has 3 rings (SSSR count). The van der Waals surface area contributed by atoms with E-state index in [0.717, 1.165) is 22.4 Å². The maximum absolute atomic E-state index is 11.3. The summed E-state index contributed by atoms with van der Waals surface area (Å²) >= 11 is 0. The number of hydrogen-bond donors (Lipinski definition) is 1. The summed E-state index contributed by atoms with van der Waals surface area (Å²) in [7, 11) is 0. The number of carbonyl (C=O) groups is 1. The van der Waals surface area contributed by atoms with Gasteiger partial charge in [-0.3, -0.25) is 4.79 Å². The summed E-state index contributed by atoms with van der Waals surface area (Å²) in [4.78, 5) is 11.3. The van der Waals surface area contributed by atoms with Crippen LogP contribution in [0.4, 0.5) is 0 Å². The molecule has 1 amide bonds. The molecule has 0 radical (unpaired) electrons. The van der Waals surface area contributed by atoms with E-state index in [2.05, 4.69) is 5.32 Å². The summed E-state index contributed by atoms with van der Waals surface area (Å²) in [6, 6.07) is 25.8. The fourth-order valence-electron chi connectivity index (χ4n) is 2.89. The maximum Gasteiger partial charge on any atom is 0.220 e. The molecule has 0 aromatic heterocycles. The lowest BCUT2D eigenvalue weighted by Crippen LogP contribution is -2.16. The third-order valence-electron chi connectivity index (χ3n) is 4.16. The second-order valence-electron chi connectivity index (χ2n) is 6.79. The van der Waals surface area contributed by atoms with Gasteiger partial charge in [0, 0.05) is 18.7 Å². The number of rotatable bonds is 8. The first kappa shape index (κ1) is 20.2. The van der Waals surface area contributed by atoms with E-state index >= 15 is 0 Å². The topological polar surface area (TPSA) is 47.6 Å². The van der Waals surface area contributed by atoms with Gasteiger partial charge < -0.3 is 14.8 Å². The SMILES string of the molecule is CC(=O)N/C(C)=C/c1cc(OCc2ccccc2)cc(OCc2ccccc2)c1. The Labute approximate surface area is 171 Å². The molecule has 0 unspecified atom stereocenters. The van der Waals surface area contributed by atoms with Gasteiger partial charge in [-0.1, -0.05) is 60.7 Å². The van der Waals surface area contributed by atoms with Gasteiger partial charge in [-0.2, -0.15) is 0 Å². The van der Waals surface area contributed by atoms with E-state index in [1.54, 1.807) is 0 Å². The van der Waals surface area contributed by atoms with Crippen LogP contribution in [0.1, 0.15) is 30.5 Å². The fraction of sp³-hybridized carbons (Fsp3) is 0.160. The van der Waals surface area contributed by atoms with Crippen molar-refractivity contribution in [3.05, 3.63) is 101 Å². The standard InChI is InChI=1S/C25H25NO3/c1-19(26-20(2)27)13-23-14-24(28-17-21-9-5-3-6-10-21)16-25(15-23)29-18-22-11-7-4-8-12-22/h3-16H,17-18H2,1-2H3,(H,26,27)/b19-13+. The predicted molar refractivity (Wildman–Crippen MR) is 115 cm³/mol. The van der Waals surface area contributed by atoms with Crippen molar-refractivity contribution in [2.24, 2.45) is 0 Å². The number of hydrogen-bond acceptors (Lipinski definition) is 3. The molecular weight excluding hydrogens is 362 g/mol. The third kappa shape index (κ3) is 6.85. The van der Waals surface area contributed by atoms with Gasteiger partial charge in [0.15, 0.2) is 0 Å². The van der Waals surface area contributed by atoms with Crippen molar-refractivity contribution in [2.75, 3.05) is 0 Å². The lowest BCUT2D eigenvalue weighted by molar-refractivity contribution is -0.118. The molecule has 0 saturated carbocycles. The quantitative estimate of drug-likeness (QED) is 0.567. The van der Waals surface area contributed by atoms with E-state index in [-0.39, 0.29) is 5.91 Å². The molecule has 0 bridgehead atoms. The van der Waals surface area contributed by atoms with Crippen molar-refractivity contribution in [2.45, 2.75) is 27.1 Å². The molecule has 4 heteroatoms. The Morgan fingerprint density at radius 3 is 1.72 bits per heavy atom. The Balaban J connectivity index is 1.79. The number of ether oxygens (including phenoxy) is 2. The number of benzene rings is 3. The molecule has 148 valence electrons. The van der Waals surface area contributed by atoms with Crippen LogP contribution in [-0.2, 0) is 18.0 Å². The molecule has 3 aromatic carbocycles. The summed E-state index contributed by atoms with van der Waals surface area (Å²) < 4.78 is 12.0. The molecule has 4 nitrogen and oxygen atoms in total. The molecule has 0 fully saturated rings. The van der Waals surface area contributed by atoms with Crippen molar-refractivity contribution in [3.63, 3.8) is 0 Å². The van der Waals surface area contributed by atoms with Crippen LogP contribution in [0.3, 0.4) is 0 Å². The average molecular weight is 387 g/mol. The minimum atomic E-state index is -0.101. The van der Waals surface area contributed by atoms with Crippen LogP contribution in [-0.4, -0.2) is 5.91 Å². The van der Waals surface area contributed by atoms with E-state index in [9.17, 15) is 4.79 Å². The highest BCUT2D eigenvalue weighted by Gasteiger charge is 2.05. The summed E-state index contributed by atoms with van der Waals surface area (Å²) in [5.74, 6) is 1.32. The van der Waals surface area contributed by atoms with Gasteiger partial charge >= 0.3 is 0 Å². The molecule has 29 heavy (non-hydrogen) atoms. The first-order chi connectivity index (χ1) is 14.1. The summed E-state index contributed by atoms with van der Waals surface area (Å²) in [5.41, 5.74) is 3.83. The predicted octanol–water partition coefficient (Wildman–Crippen LogP) is 5.34. The van der Waals surface area contributed by atoms with Crippen molar-refractivity contribution < 1.29 is 14.3 Å². The van der Waals surface area contributed by atoms with Gasteiger partial charge in [0.1, 0.15) is 24.7 Å². The number of amides is 1. The third-order valence-corrected chi connectivity index (χ3v) is 4.16. The van der Waals surface area contributed by atoms with E-state index in [0.29, 0.717) is 24.7 Å². The van der Waals surface area contributed by atoms with Crippen LogP contribution in [0.25, 0.3) is 6.08 Å². The molecule has 0 heterocycles. The molecule has 0 atom stereocenters. The lowest BCUT2D eigenvalue weighted by atomic mass is 10.1. The van der Waals surface area contributed by atoms with Crippen LogP contribution < -0.4 is 14.8 Å². The largest absolute Gasteiger partial charge is 0.489 e. The van der Waals surface area contributed by atoms with E-state index in [4.69, 9.17) is 9.47 Å². The maximum atomic E-state index is 11.3. The zero-order valence-electron chi connectivity index (χ0n) is 16.7. The minimum Gasteiger partial charge on any atom is -0.489 e. The van der Waals surface area contributed by atoms with Crippen molar-refractivity contribution in [1.82, 2.24) is 5.32 Å². The fourth-order valence-corrected chi connectivity index (χ4v) is 2.89. The molecule has 0 saturated heterocycles. The minimum absolute atomic E-state index is 0.101. The van der Waals surface area contributed by atoms with Crippen molar-refractivity contribution in [3.8, 4) is 11.5 Å². The second-order valence-corrected chi connectivity index (χ2v) is 6.79. The average Bonchev–Trinajstić information content (AvgIpc) is 2.71. The number of carbonyl (C=O) groups excluding carboxylic acids is 1. The van der Waals surface area contributed by atoms with Crippen molar-refractivity contribution >= 4 is 12.0 Å². The number of allylic oxidation sites excluding steroid dienone is 1. The van der Waals surface area contributed by atoms with E-state index in [1.165, 1.54) is 6.92 Å². The van der Waals surface area contributed by atoms with Gasteiger partial charge in [-0.25, -0.2) is 0 Å². The highest BCUT2D eigenvalue weighted by Crippen LogP contribution is 2.26. The van der Waals surface area contributed by atoms with E-state index in [1.807, 2.05) is 91.9 Å². The molecule has 1 N–H and O–H groups in total. The Bertz CT molecular complexity index is 904. The Morgan fingerprint density at radius 2 is 1.28 bits per heavy atom. The molecular formula is C25H25NO3. The van der Waals surface area contributed by atoms with Gasteiger partial charge in [0.05, 0.1) is 0 Å². The van der Waals surface area contributed by atoms with Crippen LogP contribution in [0, 0.1) is 0 Å². The highest BCUT2D eigenvalue weighted by molar-refractivity contribution is 5.76. The van der Waals surface area contributed by atoms with E-state index < -0.39 is 0 Å². The highest BCUT2D eigenvalue weighted by atomic mass is 16.5. The molecule has 3 aromatic rings. The first-order valence-corrected chi connectivity index (χ1v) is 9.53.